The van der Waals surface area contributed by atoms with Crippen molar-refractivity contribution in [3.63, 3.8) is 0 Å². The summed E-state index contributed by atoms with van der Waals surface area (Å²) in [6, 6.07) is 10.9. The van der Waals surface area contributed by atoms with Gasteiger partial charge >= 0.3 is 11.9 Å². The van der Waals surface area contributed by atoms with E-state index in [0.717, 1.165) is 5.39 Å². The highest BCUT2D eigenvalue weighted by Gasteiger charge is 2.27. The van der Waals surface area contributed by atoms with Gasteiger partial charge in [0.25, 0.3) is 0 Å². The van der Waals surface area contributed by atoms with Gasteiger partial charge in [0.1, 0.15) is 12.3 Å². The number of pyridine rings is 1. The van der Waals surface area contributed by atoms with Crippen LogP contribution in [-0.4, -0.2) is 53.2 Å². The van der Waals surface area contributed by atoms with Gasteiger partial charge in [0, 0.05) is 5.39 Å². The first-order valence-corrected chi connectivity index (χ1v) is 9.41. The fourth-order valence-electron chi connectivity index (χ4n) is 2.54. The van der Waals surface area contributed by atoms with E-state index >= 15 is 0 Å². The fourth-order valence-corrected chi connectivity index (χ4v) is 3.49. The molecule has 0 radical (unpaired) electrons. The Hall–Kier alpha value is -2.87. The zero-order valence-corrected chi connectivity index (χ0v) is 15.5. The topological polar surface area (TPSA) is 85.8 Å². The van der Waals surface area contributed by atoms with Crippen LogP contribution in [0.1, 0.15) is 17.4 Å². The third-order valence-electron chi connectivity index (χ3n) is 3.79. The third kappa shape index (κ3) is 4.65. The van der Waals surface area contributed by atoms with Crippen molar-refractivity contribution in [2.45, 2.75) is 6.92 Å². The van der Waals surface area contributed by atoms with Crippen molar-refractivity contribution in [1.29, 1.82) is 0 Å². The van der Waals surface area contributed by atoms with Gasteiger partial charge in [-0.3, -0.25) is 4.79 Å². The summed E-state index contributed by atoms with van der Waals surface area (Å²) < 4.78 is 10.1. The molecule has 0 spiro atoms. The Labute approximate surface area is 160 Å². The average Bonchev–Trinajstić information content (AvgIpc) is 3.01. The lowest BCUT2D eigenvalue weighted by Gasteiger charge is -2.16. The first-order valence-electron chi connectivity index (χ1n) is 8.43. The predicted molar refractivity (Wildman–Crippen MR) is 101 cm³/mol. The second-order valence-corrected chi connectivity index (χ2v) is 6.59. The molecule has 0 saturated carbocycles. The van der Waals surface area contributed by atoms with Crippen LogP contribution < -0.4 is 0 Å². The lowest BCUT2D eigenvalue weighted by molar-refractivity contribution is -0.137. The number of ether oxygens (including phenoxy) is 2. The summed E-state index contributed by atoms with van der Waals surface area (Å²) in [4.78, 5) is 41.5. The number of para-hydroxylation sites is 1. The normalized spacial score (nSPS) is 15.4. The molecule has 1 aliphatic heterocycles. The molecule has 0 aliphatic carbocycles. The summed E-state index contributed by atoms with van der Waals surface area (Å²) >= 11 is 1.25. The van der Waals surface area contributed by atoms with Gasteiger partial charge in [-0.05, 0) is 19.1 Å². The maximum atomic E-state index is 12.2. The Morgan fingerprint density at radius 3 is 2.85 bits per heavy atom. The number of nitrogens with zero attached hydrogens (tertiary/aromatic N) is 2. The number of fused-ring (bicyclic) bond motifs is 1. The number of hydrogen-bond acceptors (Lipinski definition) is 7. The molecule has 2 heterocycles. The Bertz CT molecular complexity index is 912. The van der Waals surface area contributed by atoms with Gasteiger partial charge in [-0.2, -0.15) is 0 Å². The molecule has 27 heavy (non-hydrogen) atoms. The van der Waals surface area contributed by atoms with Crippen molar-refractivity contribution in [2.75, 3.05) is 25.5 Å². The summed E-state index contributed by atoms with van der Waals surface area (Å²) in [5, 5.41) is 1.43. The van der Waals surface area contributed by atoms with Gasteiger partial charge in [0.15, 0.2) is 0 Å². The van der Waals surface area contributed by atoms with E-state index in [4.69, 9.17) is 9.47 Å². The predicted octanol–water partition coefficient (Wildman–Crippen LogP) is 2.37. The maximum Gasteiger partial charge on any atom is 0.357 e. The molecule has 1 aliphatic rings. The van der Waals surface area contributed by atoms with Gasteiger partial charge in [-0.1, -0.05) is 36.0 Å². The Kier molecular flexibility index (Phi) is 6.08. The summed E-state index contributed by atoms with van der Waals surface area (Å²) in [7, 11) is 0. The zero-order valence-electron chi connectivity index (χ0n) is 14.7. The first kappa shape index (κ1) is 18.9. The van der Waals surface area contributed by atoms with E-state index in [0.29, 0.717) is 10.5 Å². The minimum absolute atomic E-state index is 0.000193. The number of amides is 1. The van der Waals surface area contributed by atoms with E-state index in [1.54, 1.807) is 19.1 Å². The number of esters is 2. The molecule has 7 nitrogen and oxygen atoms in total. The molecule has 0 atom stereocenters. The van der Waals surface area contributed by atoms with Crippen LogP contribution in [-0.2, 0) is 19.1 Å². The molecule has 0 N–H and O–H groups in total. The number of thioether (sulfide) groups is 1. The summed E-state index contributed by atoms with van der Waals surface area (Å²) in [6.45, 7) is 2.13. The van der Waals surface area contributed by atoms with Crippen molar-refractivity contribution < 1.29 is 23.9 Å². The van der Waals surface area contributed by atoms with Crippen LogP contribution in [0.5, 0.6) is 0 Å². The van der Waals surface area contributed by atoms with Crippen molar-refractivity contribution in [2.24, 2.45) is 0 Å². The molecule has 8 heteroatoms. The van der Waals surface area contributed by atoms with Crippen molar-refractivity contribution >= 4 is 40.5 Å². The van der Waals surface area contributed by atoms with E-state index < -0.39 is 11.9 Å². The Morgan fingerprint density at radius 2 is 2.04 bits per heavy atom. The van der Waals surface area contributed by atoms with Crippen LogP contribution in [0.3, 0.4) is 0 Å². The molecule has 1 fully saturated rings. The summed E-state index contributed by atoms with van der Waals surface area (Å²) in [5.41, 5.74) is 0.913. The molecule has 1 amide bonds. The lowest BCUT2D eigenvalue weighted by Crippen LogP contribution is -2.29. The number of carbonyl (C=O) groups excluding carboxylic acids is 3. The number of aromatic nitrogens is 1. The minimum Gasteiger partial charge on any atom is -0.463 e. The van der Waals surface area contributed by atoms with E-state index in [9.17, 15) is 14.4 Å². The van der Waals surface area contributed by atoms with Gasteiger partial charge in [-0.25, -0.2) is 14.6 Å². The number of hydrogen-bond donors (Lipinski definition) is 0. The van der Waals surface area contributed by atoms with Crippen molar-refractivity contribution in [1.82, 2.24) is 9.88 Å². The fraction of sp³-hybridized carbons (Fsp3) is 0.263. The van der Waals surface area contributed by atoms with Crippen LogP contribution in [0.2, 0.25) is 0 Å². The summed E-state index contributed by atoms with van der Waals surface area (Å²) in [6.07, 6.45) is 1.28. The van der Waals surface area contributed by atoms with E-state index in [1.807, 2.05) is 24.3 Å². The molecule has 2 aromatic rings. The quantitative estimate of drug-likeness (QED) is 0.556. The third-order valence-corrected chi connectivity index (χ3v) is 4.82. The standard InChI is InChI=1S/C19H18N2O5S/c1-2-25-18(23)11-17-21(16(22)12-27-17)9-10-26-19(24)15-8-7-13-5-3-4-6-14(13)20-15/h3-8,11H,2,9-10,12H2,1H3/b17-11-. The SMILES string of the molecule is CCOC(=O)/C=C1\SCC(=O)N1CCOC(=O)c1ccc2ccccc2n1. The van der Waals surface area contributed by atoms with Gasteiger partial charge in [-0.15, -0.1) is 0 Å². The molecule has 1 aromatic heterocycles. The van der Waals surface area contributed by atoms with Crippen molar-refractivity contribution in [3.05, 3.63) is 53.2 Å². The molecule has 0 unspecified atom stereocenters. The van der Waals surface area contributed by atoms with Crippen molar-refractivity contribution in [3.8, 4) is 0 Å². The smallest absolute Gasteiger partial charge is 0.357 e. The molecule has 140 valence electrons. The maximum absolute atomic E-state index is 12.2. The molecule has 1 saturated heterocycles. The minimum atomic E-state index is -0.559. The van der Waals surface area contributed by atoms with Gasteiger partial charge < -0.3 is 14.4 Å². The largest absolute Gasteiger partial charge is 0.463 e. The van der Waals surface area contributed by atoms with Crippen LogP contribution in [0.25, 0.3) is 10.9 Å². The molecule has 3 rings (SSSR count). The monoisotopic (exact) mass is 386 g/mol. The van der Waals surface area contributed by atoms with Crippen LogP contribution in [0.4, 0.5) is 0 Å². The molecular formula is C19H18N2O5S. The van der Waals surface area contributed by atoms with Crippen LogP contribution in [0, 0.1) is 0 Å². The highest BCUT2D eigenvalue weighted by Crippen LogP contribution is 2.28. The lowest BCUT2D eigenvalue weighted by atomic mass is 10.2. The molecule has 1 aromatic carbocycles. The van der Waals surface area contributed by atoms with E-state index in [1.165, 1.54) is 22.7 Å². The molecular weight excluding hydrogens is 368 g/mol. The molecule has 0 bridgehead atoms. The van der Waals surface area contributed by atoms with E-state index in [2.05, 4.69) is 4.98 Å². The second kappa shape index (κ2) is 8.68. The average molecular weight is 386 g/mol. The highest BCUT2D eigenvalue weighted by molar-refractivity contribution is 8.04. The zero-order chi connectivity index (χ0) is 19.2. The Balaban J connectivity index is 1.59. The van der Waals surface area contributed by atoms with Crippen LogP contribution in [0.15, 0.2) is 47.5 Å². The second-order valence-electron chi connectivity index (χ2n) is 5.59. The Morgan fingerprint density at radius 1 is 1.22 bits per heavy atom. The summed E-state index contributed by atoms with van der Waals surface area (Å²) in [5.74, 6) is -0.964. The highest BCUT2D eigenvalue weighted by atomic mass is 32.2. The van der Waals surface area contributed by atoms with Crippen LogP contribution >= 0.6 is 11.8 Å². The number of carbonyl (C=O) groups is 3. The number of benzene rings is 1. The first-order chi connectivity index (χ1) is 13.1. The number of rotatable bonds is 6. The van der Waals surface area contributed by atoms with E-state index in [-0.39, 0.29) is 37.1 Å². The van der Waals surface area contributed by atoms with Gasteiger partial charge in [0.05, 0.1) is 35.5 Å². The van der Waals surface area contributed by atoms with Gasteiger partial charge in [0.2, 0.25) is 5.91 Å².